The fraction of sp³-hybridized carbons (Fsp3) is 0.364. The zero-order chi connectivity index (χ0) is 26.4. The number of nitrogens with one attached hydrogen (secondary N) is 1. The molecule has 3 N–H and O–H groups in total. The Labute approximate surface area is 211 Å². The van der Waals surface area contributed by atoms with Gasteiger partial charge >= 0.3 is 12.3 Å². The van der Waals surface area contributed by atoms with E-state index in [9.17, 15) is 37.8 Å². The number of nitrogens with zero attached hydrogens (tertiary/aromatic N) is 2. The van der Waals surface area contributed by atoms with Gasteiger partial charge in [0.05, 0.1) is 18.1 Å². The van der Waals surface area contributed by atoms with Gasteiger partial charge in [0, 0.05) is 22.7 Å². The Kier molecular flexibility index (Phi) is 7.03. The van der Waals surface area contributed by atoms with Gasteiger partial charge in [-0.25, -0.2) is 9.78 Å². The Morgan fingerprint density at radius 1 is 1.31 bits per heavy atom. The highest BCUT2D eigenvalue weighted by molar-refractivity contribution is 8.04. The lowest BCUT2D eigenvalue weighted by Crippen LogP contribution is -2.63. The lowest BCUT2D eigenvalue weighted by molar-refractivity contribution is -0.274. The summed E-state index contributed by atoms with van der Waals surface area (Å²) >= 11 is 2.19. The van der Waals surface area contributed by atoms with E-state index in [2.05, 4.69) is 15.0 Å². The highest BCUT2D eigenvalue weighted by atomic mass is 32.2. The van der Waals surface area contributed by atoms with Crippen LogP contribution in [0.15, 0.2) is 44.6 Å². The number of carbonyl (C=O) groups excluding carboxylic acids is 2. The van der Waals surface area contributed by atoms with Crippen molar-refractivity contribution in [2.45, 2.75) is 43.2 Å². The second-order valence-electron chi connectivity index (χ2n) is 8.25. The Bertz CT molecular complexity index is 1230. The summed E-state index contributed by atoms with van der Waals surface area (Å²) in [5, 5.41) is 23.8. The number of hydrogen-bond acceptors (Lipinski definition) is 8. The number of benzene rings is 1. The summed E-state index contributed by atoms with van der Waals surface area (Å²) in [4.78, 5) is 42.7. The van der Waals surface area contributed by atoms with Crippen molar-refractivity contribution in [2.75, 3.05) is 0 Å². The monoisotopic (exact) mass is 543 g/mol. The van der Waals surface area contributed by atoms with Crippen LogP contribution in [0.3, 0.4) is 0 Å². The van der Waals surface area contributed by atoms with E-state index in [-0.39, 0.29) is 29.6 Å². The molecule has 1 aromatic heterocycles. The number of amides is 2. The molecule has 36 heavy (non-hydrogen) atoms. The third-order valence-corrected chi connectivity index (χ3v) is 8.06. The van der Waals surface area contributed by atoms with Gasteiger partial charge in [0.15, 0.2) is 4.34 Å². The van der Waals surface area contributed by atoms with Crippen LogP contribution in [0.4, 0.5) is 13.2 Å². The normalized spacial score (nSPS) is 22.2. The fourth-order valence-corrected chi connectivity index (χ4v) is 6.31. The van der Waals surface area contributed by atoms with Crippen LogP contribution >= 0.6 is 23.1 Å². The van der Waals surface area contributed by atoms with Gasteiger partial charge in [-0.3, -0.25) is 9.59 Å². The molecule has 0 spiro atoms. The quantitative estimate of drug-likeness (QED) is 0.433. The summed E-state index contributed by atoms with van der Waals surface area (Å²) in [6, 6.07) is 4.59. The third-order valence-electron chi connectivity index (χ3n) is 5.83. The van der Waals surface area contributed by atoms with Crippen LogP contribution in [0.5, 0.6) is 5.75 Å². The van der Waals surface area contributed by atoms with Crippen molar-refractivity contribution in [3.8, 4) is 5.75 Å². The molecule has 192 valence electrons. The Hall–Kier alpha value is -3.10. The highest BCUT2D eigenvalue weighted by Gasteiger charge is 2.60. The van der Waals surface area contributed by atoms with E-state index < -0.39 is 42.2 Å². The Balaban J connectivity index is 1.41. The van der Waals surface area contributed by atoms with Crippen molar-refractivity contribution in [1.82, 2.24) is 15.2 Å². The number of carboxylic acids is 1. The Morgan fingerprint density at radius 2 is 1.97 bits per heavy atom. The van der Waals surface area contributed by atoms with E-state index in [1.807, 2.05) is 0 Å². The predicted octanol–water partition coefficient (Wildman–Crippen LogP) is 3.22. The van der Waals surface area contributed by atoms with Gasteiger partial charge in [-0.15, -0.1) is 24.5 Å². The summed E-state index contributed by atoms with van der Waals surface area (Å²) in [5.41, 5.74) is 0.489. The molecule has 9 nitrogen and oxygen atoms in total. The number of thioether (sulfide) groups is 1. The number of alkyl halides is 3. The van der Waals surface area contributed by atoms with Gasteiger partial charge in [-0.05, 0) is 24.6 Å². The number of β-lactam (4-membered cyclic amide) rings is 1. The smallest absolute Gasteiger partial charge is 0.477 e. The number of carboxylic acid groups (broad SMARTS) is 1. The molecule has 0 radical (unpaired) electrons. The van der Waals surface area contributed by atoms with Gasteiger partial charge in [0.1, 0.15) is 17.1 Å². The average Bonchev–Trinajstić information content (AvgIpc) is 3.34. The molecular formula is C22H20F3N3O6S2. The maximum Gasteiger partial charge on any atom is 0.573 e. The number of halogens is 3. The summed E-state index contributed by atoms with van der Waals surface area (Å²) in [6.07, 6.45) is -5.71. The van der Waals surface area contributed by atoms with Crippen molar-refractivity contribution in [1.29, 1.82) is 0 Å². The lowest BCUT2D eigenvalue weighted by Gasteiger charge is -2.46. The molecule has 0 unspecified atom stereocenters. The number of aliphatic hydroxyl groups is 1. The molecule has 14 heteroatoms. The van der Waals surface area contributed by atoms with Gasteiger partial charge in [-0.1, -0.05) is 30.8 Å². The first-order valence-corrected chi connectivity index (χ1v) is 12.3. The van der Waals surface area contributed by atoms with Crippen LogP contribution in [0.25, 0.3) is 0 Å². The molecule has 4 rings (SSSR count). The number of aliphatic hydroxyl groups excluding tert-OH is 1. The van der Waals surface area contributed by atoms with Crippen LogP contribution in [0, 0.1) is 11.8 Å². The SMILES string of the molecule is C[C@@H](O)[C@H]1C(=O)N2C(C(=O)O)=C(Sc3nc(C(=O)NCc4ccc(OC(F)(F)F)cc4)cs3)[C@H](C)[C@H]12. The molecule has 1 saturated heterocycles. The first-order chi connectivity index (χ1) is 16.9. The molecule has 0 aliphatic carbocycles. The molecule has 4 atom stereocenters. The summed E-state index contributed by atoms with van der Waals surface area (Å²) in [7, 11) is 0. The average molecular weight is 544 g/mol. The summed E-state index contributed by atoms with van der Waals surface area (Å²) in [6.45, 7) is 3.31. The summed E-state index contributed by atoms with van der Waals surface area (Å²) in [5.74, 6) is -3.62. The standard InChI is InChI=1S/C22H20F3N3O6S2/c1-9-15-14(10(2)29)19(31)28(15)16(20(32)33)17(9)36-21-27-13(8-35-21)18(30)26-7-11-3-5-12(6-4-11)34-22(23,24)25/h3-6,8-10,14-15,29H,7H2,1-2H3,(H,26,30)(H,32,33)/t9-,10-,14-,15-/m1/s1. The highest BCUT2D eigenvalue weighted by Crippen LogP contribution is 2.52. The van der Waals surface area contributed by atoms with E-state index in [1.165, 1.54) is 29.3 Å². The third kappa shape index (κ3) is 5.06. The summed E-state index contributed by atoms with van der Waals surface area (Å²) < 4.78 is 41.0. The number of carbonyl (C=O) groups is 3. The van der Waals surface area contributed by atoms with E-state index in [4.69, 9.17) is 0 Å². The number of rotatable bonds is 8. The molecule has 2 amide bonds. The zero-order valence-electron chi connectivity index (χ0n) is 18.8. The number of thiazole rings is 1. The maximum atomic E-state index is 12.5. The van der Waals surface area contributed by atoms with Crippen molar-refractivity contribution < 1.29 is 42.5 Å². The van der Waals surface area contributed by atoms with Crippen LogP contribution in [0.1, 0.15) is 29.9 Å². The first-order valence-electron chi connectivity index (χ1n) is 10.6. The fourth-order valence-electron chi connectivity index (χ4n) is 4.24. The van der Waals surface area contributed by atoms with Crippen LogP contribution in [-0.4, -0.2) is 56.4 Å². The van der Waals surface area contributed by atoms with Gasteiger partial charge in [0.25, 0.3) is 5.91 Å². The van der Waals surface area contributed by atoms with Crippen molar-refractivity contribution >= 4 is 40.9 Å². The zero-order valence-corrected chi connectivity index (χ0v) is 20.4. The van der Waals surface area contributed by atoms with E-state index in [0.717, 1.165) is 35.2 Å². The Morgan fingerprint density at radius 3 is 2.56 bits per heavy atom. The van der Waals surface area contributed by atoms with Gasteiger partial charge < -0.3 is 25.2 Å². The number of hydrogen-bond donors (Lipinski definition) is 3. The molecule has 2 aliphatic heterocycles. The van der Waals surface area contributed by atoms with Crippen LogP contribution in [0.2, 0.25) is 0 Å². The molecule has 0 bridgehead atoms. The van der Waals surface area contributed by atoms with Crippen molar-refractivity contribution in [2.24, 2.45) is 11.8 Å². The largest absolute Gasteiger partial charge is 0.573 e. The molecule has 1 fully saturated rings. The van der Waals surface area contributed by atoms with Crippen LogP contribution in [-0.2, 0) is 16.1 Å². The van der Waals surface area contributed by atoms with Crippen molar-refractivity contribution in [3.63, 3.8) is 0 Å². The minimum absolute atomic E-state index is 0.0377. The minimum Gasteiger partial charge on any atom is -0.477 e. The minimum atomic E-state index is -4.79. The van der Waals surface area contributed by atoms with E-state index in [1.54, 1.807) is 6.92 Å². The molecule has 2 aromatic rings. The molecule has 1 aromatic carbocycles. The number of aliphatic carboxylic acids is 1. The van der Waals surface area contributed by atoms with Crippen molar-refractivity contribution in [3.05, 3.63) is 51.5 Å². The van der Waals surface area contributed by atoms with Gasteiger partial charge in [-0.2, -0.15) is 0 Å². The lowest BCUT2D eigenvalue weighted by atomic mass is 9.79. The van der Waals surface area contributed by atoms with Gasteiger partial charge in [0.2, 0.25) is 5.91 Å². The second kappa shape index (κ2) is 9.75. The number of aromatic nitrogens is 1. The molecule has 0 saturated carbocycles. The second-order valence-corrected chi connectivity index (χ2v) is 10.4. The van der Waals surface area contributed by atoms with Crippen LogP contribution < -0.4 is 10.1 Å². The van der Waals surface area contributed by atoms with E-state index >= 15 is 0 Å². The maximum absolute atomic E-state index is 12.5. The number of fused-ring (bicyclic) bond motifs is 1. The topological polar surface area (TPSA) is 129 Å². The molecule has 3 heterocycles. The first kappa shape index (κ1) is 26.0. The number of ether oxygens (including phenoxy) is 1. The molecular weight excluding hydrogens is 523 g/mol. The predicted molar refractivity (Wildman–Crippen MR) is 122 cm³/mol. The molecule has 2 aliphatic rings. The van der Waals surface area contributed by atoms with E-state index in [0.29, 0.717) is 14.8 Å².